The second-order valence-electron chi connectivity index (χ2n) is 11.3. The Bertz CT molecular complexity index is 1010. The Balaban J connectivity index is 2.28. The van der Waals surface area contributed by atoms with Gasteiger partial charge >= 0.3 is 0 Å². The molecular weight excluding hydrogens is 420 g/mol. The van der Waals surface area contributed by atoms with E-state index >= 15 is 0 Å². The first-order valence-corrected chi connectivity index (χ1v) is 12.3. The van der Waals surface area contributed by atoms with Crippen LogP contribution in [0.4, 0.5) is 0 Å². The van der Waals surface area contributed by atoms with Crippen molar-refractivity contribution in [2.45, 2.75) is 85.7 Å². The van der Waals surface area contributed by atoms with Crippen molar-refractivity contribution in [2.75, 3.05) is 13.1 Å². The van der Waals surface area contributed by atoms with Crippen LogP contribution < -0.4 is 4.74 Å². The molecule has 184 valence electrons. The predicted octanol–water partition coefficient (Wildman–Crippen LogP) is 8.00. The van der Waals surface area contributed by atoms with Crippen LogP contribution in [0.1, 0.15) is 91.5 Å². The van der Waals surface area contributed by atoms with Gasteiger partial charge in [-0.2, -0.15) is 0 Å². The van der Waals surface area contributed by atoms with Gasteiger partial charge in [-0.1, -0.05) is 130 Å². The van der Waals surface area contributed by atoms with E-state index in [9.17, 15) is 0 Å². The van der Waals surface area contributed by atoms with E-state index in [0.717, 1.165) is 45.4 Å². The van der Waals surface area contributed by atoms with Gasteiger partial charge < -0.3 is 25.4 Å². The highest BCUT2D eigenvalue weighted by atomic mass is 16.5. The van der Waals surface area contributed by atoms with Crippen molar-refractivity contribution in [3.63, 3.8) is 0 Å². The molecule has 0 spiro atoms. The molecule has 0 atom stereocenters. The van der Waals surface area contributed by atoms with Gasteiger partial charge in [-0.15, -0.1) is 0 Å². The van der Waals surface area contributed by atoms with Crippen LogP contribution in [0.3, 0.4) is 0 Å². The topological polar surface area (TPSA) is 62.1 Å². The van der Waals surface area contributed by atoms with Crippen molar-refractivity contribution in [3.05, 3.63) is 69.3 Å². The van der Waals surface area contributed by atoms with E-state index in [-0.39, 0.29) is 16.5 Å². The highest BCUT2D eigenvalue weighted by molar-refractivity contribution is 6.12. The fourth-order valence-corrected chi connectivity index (χ4v) is 4.17. The third-order valence-corrected chi connectivity index (χ3v) is 5.56. The summed E-state index contributed by atoms with van der Waals surface area (Å²) >= 11 is 0. The Morgan fingerprint density at radius 2 is 1.12 bits per heavy atom. The molecule has 5 nitrogen and oxygen atoms in total. The number of benzene rings is 2. The van der Waals surface area contributed by atoms with Gasteiger partial charge in [-0.3, -0.25) is 0 Å². The van der Waals surface area contributed by atoms with Gasteiger partial charge in [0.05, 0.1) is 0 Å². The van der Waals surface area contributed by atoms with Crippen LogP contribution >= 0.6 is 0 Å². The summed E-state index contributed by atoms with van der Waals surface area (Å²) in [5.74, 6) is 3.09. The molecule has 0 radical (unpaired) electrons. The minimum Gasteiger partial charge on any atom is -0.465 e. The molecule has 1 aliphatic heterocycles. The maximum atomic E-state index is 6.78. The SMILES string of the molecule is CC[N-]C(=NC(C)(C)C)c1cccc2c1Oc1c(C(=NC(C)(C)C)[N-]CC)cccc1C2(C)C. The predicted molar refractivity (Wildman–Crippen MR) is 145 cm³/mol. The van der Waals surface area contributed by atoms with Crippen molar-refractivity contribution in [1.29, 1.82) is 0 Å². The highest BCUT2D eigenvalue weighted by Gasteiger charge is 2.36. The summed E-state index contributed by atoms with van der Waals surface area (Å²) in [4.78, 5) is 9.89. The molecule has 2 aromatic rings. The van der Waals surface area contributed by atoms with Gasteiger partial charge in [0, 0.05) is 27.7 Å². The van der Waals surface area contributed by atoms with Crippen LogP contribution in [0.2, 0.25) is 0 Å². The molecule has 0 bridgehead atoms. The molecule has 0 aromatic heterocycles. The molecule has 0 saturated carbocycles. The van der Waals surface area contributed by atoms with Crippen molar-refractivity contribution >= 4 is 11.7 Å². The number of para-hydroxylation sites is 2. The Kier molecular flexibility index (Phi) is 7.16. The molecular formula is C29H40N4O-2. The monoisotopic (exact) mass is 460 g/mol. The standard InChI is InChI=1S/C29H40N4O/c1-11-30-25(32-27(3,4)5)19-15-13-17-21-23(19)34-24-20(16-14-18-22(24)29(21,9)10)26(31-12-2)33-28(6,7)8/h13-18H,11-12H2,1-10H3/q-2. The Labute approximate surface area is 206 Å². The molecule has 0 amide bonds. The second-order valence-corrected chi connectivity index (χ2v) is 11.3. The summed E-state index contributed by atoms with van der Waals surface area (Å²) in [7, 11) is 0. The van der Waals surface area contributed by atoms with Gasteiger partial charge in [0.15, 0.2) is 0 Å². The smallest absolute Gasteiger partial charge is 0.138 e. The van der Waals surface area contributed by atoms with Crippen LogP contribution in [0, 0.1) is 0 Å². The fraction of sp³-hybridized carbons (Fsp3) is 0.517. The first kappa shape index (κ1) is 25.8. The average Bonchev–Trinajstić information content (AvgIpc) is 2.71. The van der Waals surface area contributed by atoms with Crippen molar-refractivity contribution in [1.82, 2.24) is 0 Å². The third-order valence-electron chi connectivity index (χ3n) is 5.56. The van der Waals surface area contributed by atoms with Gasteiger partial charge in [-0.05, 0) is 11.1 Å². The lowest BCUT2D eigenvalue weighted by molar-refractivity contribution is 0.416. The summed E-state index contributed by atoms with van der Waals surface area (Å²) in [6.07, 6.45) is 0. The zero-order chi connectivity index (χ0) is 25.3. The maximum Gasteiger partial charge on any atom is 0.138 e. The Hall–Kier alpha value is -2.82. The molecule has 5 heteroatoms. The van der Waals surface area contributed by atoms with Crippen LogP contribution in [0.15, 0.2) is 46.4 Å². The van der Waals surface area contributed by atoms with E-state index < -0.39 is 0 Å². The van der Waals surface area contributed by atoms with Gasteiger partial charge in [0.2, 0.25) is 0 Å². The molecule has 34 heavy (non-hydrogen) atoms. The summed E-state index contributed by atoms with van der Waals surface area (Å²) in [5.41, 5.74) is 3.32. The van der Waals surface area contributed by atoms with Gasteiger partial charge in [-0.25, -0.2) is 0 Å². The molecule has 0 saturated heterocycles. The Morgan fingerprint density at radius 3 is 1.44 bits per heavy atom. The number of fused-ring (bicyclic) bond motifs is 2. The molecule has 0 fully saturated rings. The third kappa shape index (κ3) is 5.45. The second kappa shape index (κ2) is 9.44. The number of amidine groups is 2. The fourth-order valence-electron chi connectivity index (χ4n) is 4.17. The number of hydrogen-bond acceptors (Lipinski definition) is 3. The van der Waals surface area contributed by atoms with E-state index in [2.05, 4.69) is 91.8 Å². The normalized spacial score (nSPS) is 15.8. The molecule has 3 rings (SSSR count). The van der Waals surface area contributed by atoms with Crippen LogP contribution in [-0.4, -0.2) is 35.8 Å². The van der Waals surface area contributed by atoms with Crippen LogP contribution in [0.25, 0.3) is 10.6 Å². The van der Waals surface area contributed by atoms with Crippen LogP contribution in [0.5, 0.6) is 11.5 Å². The Morgan fingerprint density at radius 1 is 0.735 bits per heavy atom. The quantitative estimate of drug-likeness (QED) is 0.337. The van der Waals surface area contributed by atoms with Crippen molar-refractivity contribution in [2.24, 2.45) is 9.98 Å². The number of rotatable bonds is 4. The van der Waals surface area contributed by atoms with Crippen LogP contribution in [-0.2, 0) is 5.41 Å². The number of hydrogen-bond donors (Lipinski definition) is 0. The van der Waals surface area contributed by atoms with E-state index in [1.54, 1.807) is 0 Å². The zero-order valence-electron chi connectivity index (χ0n) is 22.6. The lowest BCUT2D eigenvalue weighted by atomic mass is 9.74. The molecule has 0 unspecified atom stereocenters. The summed E-state index contributed by atoms with van der Waals surface area (Å²) in [5, 5.41) is 9.51. The van der Waals surface area contributed by atoms with E-state index in [0.29, 0.717) is 13.1 Å². The lowest BCUT2D eigenvalue weighted by Gasteiger charge is -2.39. The maximum absolute atomic E-state index is 6.78. The number of nitrogens with zero attached hydrogens (tertiary/aromatic N) is 4. The minimum absolute atomic E-state index is 0.253. The van der Waals surface area contributed by atoms with Crippen molar-refractivity contribution < 1.29 is 4.74 Å². The van der Waals surface area contributed by atoms with E-state index in [1.807, 2.05) is 13.8 Å². The first-order valence-electron chi connectivity index (χ1n) is 12.3. The van der Waals surface area contributed by atoms with E-state index in [1.165, 1.54) is 0 Å². The molecule has 0 aliphatic carbocycles. The summed E-state index contributed by atoms with van der Waals surface area (Å²) in [6.45, 7) is 22.4. The largest absolute Gasteiger partial charge is 0.465 e. The molecule has 1 aliphatic rings. The number of aliphatic imine (C=N–C) groups is 2. The first-order chi connectivity index (χ1) is 15.8. The highest BCUT2D eigenvalue weighted by Crippen LogP contribution is 2.51. The molecule has 1 heterocycles. The summed E-state index contributed by atoms with van der Waals surface area (Å²) in [6, 6.07) is 12.6. The molecule has 2 aromatic carbocycles. The zero-order valence-corrected chi connectivity index (χ0v) is 22.6. The number of ether oxygens (including phenoxy) is 1. The van der Waals surface area contributed by atoms with Gasteiger partial charge in [0.1, 0.15) is 11.5 Å². The van der Waals surface area contributed by atoms with E-state index in [4.69, 9.17) is 25.4 Å². The molecule has 0 N–H and O–H groups in total. The lowest BCUT2D eigenvalue weighted by Crippen LogP contribution is -2.27. The summed E-state index contributed by atoms with van der Waals surface area (Å²) < 4.78 is 6.78. The average molecular weight is 461 g/mol. The van der Waals surface area contributed by atoms with Crippen molar-refractivity contribution in [3.8, 4) is 11.5 Å². The van der Waals surface area contributed by atoms with Gasteiger partial charge in [0.25, 0.3) is 0 Å². The minimum atomic E-state index is -0.271.